The van der Waals surface area contributed by atoms with Crippen molar-refractivity contribution >= 4 is 6.03 Å². The molecule has 0 radical (unpaired) electrons. The van der Waals surface area contributed by atoms with Crippen molar-refractivity contribution in [3.05, 3.63) is 23.9 Å². The van der Waals surface area contributed by atoms with Crippen LogP contribution in [0.15, 0.2) is 18.3 Å². The van der Waals surface area contributed by atoms with E-state index in [1.54, 1.807) is 0 Å². The number of hydrogen-bond donors (Lipinski definition) is 2. The first-order chi connectivity index (χ1) is 10.4. The van der Waals surface area contributed by atoms with Gasteiger partial charge in [-0.2, -0.15) is 8.78 Å². The molecule has 1 aliphatic rings. The standard InChI is InChI=1S/C13H15F4N3O2/c14-11(15)8-4-9(5-8)20-13(21)19-6-7-1-2-18-10(3-7)22-12(16)17/h1-3,8-9,11-12H,4-6H2,(H2,19,20,21)/t8-,9-. The predicted molar refractivity (Wildman–Crippen MR) is 68.8 cm³/mol. The zero-order valence-corrected chi connectivity index (χ0v) is 11.4. The van der Waals surface area contributed by atoms with Crippen LogP contribution in [0.25, 0.3) is 0 Å². The summed E-state index contributed by atoms with van der Waals surface area (Å²) in [4.78, 5) is 15.2. The van der Waals surface area contributed by atoms with Crippen molar-refractivity contribution in [3.8, 4) is 5.88 Å². The molecule has 1 aliphatic carbocycles. The van der Waals surface area contributed by atoms with Gasteiger partial charge >= 0.3 is 12.6 Å². The van der Waals surface area contributed by atoms with Crippen molar-refractivity contribution < 1.29 is 27.1 Å². The van der Waals surface area contributed by atoms with E-state index in [1.165, 1.54) is 18.3 Å². The molecule has 1 saturated carbocycles. The summed E-state index contributed by atoms with van der Waals surface area (Å²) in [6, 6.07) is 2.07. The average molecular weight is 321 g/mol. The Hall–Kier alpha value is -2.06. The molecule has 1 aromatic heterocycles. The molecule has 1 heterocycles. The maximum absolute atomic E-state index is 12.3. The zero-order valence-electron chi connectivity index (χ0n) is 11.4. The van der Waals surface area contributed by atoms with Crippen LogP contribution in [0.5, 0.6) is 5.88 Å². The molecule has 0 aliphatic heterocycles. The molecule has 0 atom stereocenters. The Bertz CT molecular complexity index is 510. The van der Waals surface area contributed by atoms with Gasteiger partial charge in [-0.25, -0.2) is 18.6 Å². The van der Waals surface area contributed by atoms with Gasteiger partial charge in [0.15, 0.2) is 0 Å². The van der Waals surface area contributed by atoms with Gasteiger partial charge < -0.3 is 15.4 Å². The predicted octanol–water partition coefficient (Wildman–Crippen LogP) is 2.53. The smallest absolute Gasteiger partial charge is 0.388 e. The third-order valence-corrected chi connectivity index (χ3v) is 3.33. The van der Waals surface area contributed by atoms with Crippen LogP contribution in [-0.4, -0.2) is 30.1 Å². The highest BCUT2D eigenvalue weighted by atomic mass is 19.3. The number of hydrogen-bond acceptors (Lipinski definition) is 3. The number of halogens is 4. The number of ether oxygens (including phenoxy) is 1. The molecular weight excluding hydrogens is 306 g/mol. The lowest BCUT2D eigenvalue weighted by molar-refractivity contribution is -0.0529. The molecule has 0 unspecified atom stereocenters. The summed E-state index contributed by atoms with van der Waals surface area (Å²) in [7, 11) is 0. The monoisotopic (exact) mass is 321 g/mol. The second-order valence-electron chi connectivity index (χ2n) is 4.97. The lowest BCUT2D eigenvalue weighted by Gasteiger charge is -2.35. The van der Waals surface area contributed by atoms with E-state index in [4.69, 9.17) is 0 Å². The van der Waals surface area contributed by atoms with E-state index in [1.807, 2.05) is 0 Å². The minimum atomic E-state index is -2.97. The van der Waals surface area contributed by atoms with Crippen LogP contribution in [0.2, 0.25) is 0 Å². The maximum Gasteiger partial charge on any atom is 0.388 e. The van der Waals surface area contributed by atoms with E-state index in [0.717, 1.165) is 0 Å². The number of pyridine rings is 1. The van der Waals surface area contributed by atoms with Gasteiger partial charge in [0.1, 0.15) is 0 Å². The molecule has 0 spiro atoms. The second-order valence-corrected chi connectivity index (χ2v) is 4.97. The van der Waals surface area contributed by atoms with Gasteiger partial charge in [-0.05, 0) is 24.5 Å². The number of amides is 2. The van der Waals surface area contributed by atoms with Crippen LogP contribution in [0, 0.1) is 5.92 Å². The van der Waals surface area contributed by atoms with E-state index in [9.17, 15) is 22.4 Å². The molecule has 2 rings (SSSR count). The van der Waals surface area contributed by atoms with Crippen molar-refractivity contribution in [3.63, 3.8) is 0 Å². The van der Waals surface area contributed by atoms with Gasteiger partial charge in [-0.15, -0.1) is 0 Å². The number of nitrogens with zero attached hydrogens (tertiary/aromatic N) is 1. The minimum Gasteiger partial charge on any atom is -0.417 e. The fraction of sp³-hybridized carbons (Fsp3) is 0.538. The number of aromatic nitrogens is 1. The van der Waals surface area contributed by atoms with E-state index in [0.29, 0.717) is 5.56 Å². The maximum atomic E-state index is 12.3. The lowest BCUT2D eigenvalue weighted by Crippen LogP contribution is -2.49. The highest BCUT2D eigenvalue weighted by Crippen LogP contribution is 2.32. The van der Waals surface area contributed by atoms with Gasteiger partial charge in [0.05, 0.1) is 0 Å². The molecule has 1 fully saturated rings. The van der Waals surface area contributed by atoms with E-state index >= 15 is 0 Å². The Morgan fingerprint density at radius 3 is 2.73 bits per heavy atom. The van der Waals surface area contributed by atoms with Crippen LogP contribution in [0.1, 0.15) is 18.4 Å². The fourth-order valence-electron chi connectivity index (χ4n) is 2.12. The Morgan fingerprint density at radius 2 is 2.09 bits per heavy atom. The van der Waals surface area contributed by atoms with Crippen molar-refractivity contribution in [2.45, 2.75) is 38.5 Å². The Labute approximate surface area is 124 Å². The number of carbonyl (C=O) groups excluding carboxylic acids is 1. The van der Waals surface area contributed by atoms with Crippen LogP contribution >= 0.6 is 0 Å². The topological polar surface area (TPSA) is 63.2 Å². The molecule has 9 heteroatoms. The van der Waals surface area contributed by atoms with E-state index in [2.05, 4.69) is 20.4 Å². The molecule has 1 aromatic rings. The SMILES string of the molecule is O=C(NCc1ccnc(OC(F)F)c1)N[C@H]1C[C@H](C(F)F)C1. The molecule has 0 bridgehead atoms. The first-order valence-electron chi connectivity index (χ1n) is 6.66. The summed E-state index contributed by atoms with van der Waals surface area (Å²) in [5, 5.41) is 5.08. The molecule has 22 heavy (non-hydrogen) atoms. The number of alkyl halides is 4. The van der Waals surface area contributed by atoms with E-state index in [-0.39, 0.29) is 31.3 Å². The summed E-state index contributed by atoms with van der Waals surface area (Å²) < 4.78 is 52.8. The molecule has 5 nitrogen and oxygen atoms in total. The van der Waals surface area contributed by atoms with Gasteiger partial charge in [-0.3, -0.25) is 0 Å². The van der Waals surface area contributed by atoms with Gasteiger partial charge in [0.25, 0.3) is 0 Å². The molecule has 2 N–H and O–H groups in total. The summed E-state index contributed by atoms with van der Waals surface area (Å²) >= 11 is 0. The Balaban J connectivity index is 1.72. The van der Waals surface area contributed by atoms with Crippen molar-refractivity contribution in [2.24, 2.45) is 5.92 Å². The Morgan fingerprint density at radius 1 is 1.36 bits per heavy atom. The number of carbonyl (C=O) groups is 1. The number of rotatable bonds is 6. The van der Waals surface area contributed by atoms with Crippen molar-refractivity contribution in [1.82, 2.24) is 15.6 Å². The van der Waals surface area contributed by atoms with Crippen LogP contribution < -0.4 is 15.4 Å². The summed E-state index contributed by atoms with van der Waals surface area (Å²) in [6.07, 6.45) is -0.559. The fourth-order valence-corrected chi connectivity index (χ4v) is 2.12. The summed E-state index contributed by atoms with van der Waals surface area (Å²) in [6.45, 7) is -2.89. The second kappa shape index (κ2) is 7.28. The summed E-state index contributed by atoms with van der Waals surface area (Å²) in [5.41, 5.74) is 0.528. The van der Waals surface area contributed by atoms with Crippen LogP contribution in [0.4, 0.5) is 22.4 Å². The lowest BCUT2D eigenvalue weighted by atomic mass is 9.81. The summed E-state index contributed by atoms with van der Waals surface area (Å²) in [5.74, 6) is -0.895. The quantitative estimate of drug-likeness (QED) is 0.792. The Kier molecular flexibility index (Phi) is 5.40. The zero-order chi connectivity index (χ0) is 16.1. The molecule has 0 aromatic carbocycles. The number of nitrogens with one attached hydrogen (secondary N) is 2. The highest BCUT2D eigenvalue weighted by molar-refractivity contribution is 5.74. The van der Waals surface area contributed by atoms with Gasteiger partial charge in [0.2, 0.25) is 12.3 Å². The van der Waals surface area contributed by atoms with Gasteiger partial charge in [-0.1, -0.05) is 0 Å². The molecular formula is C13H15F4N3O2. The first-order valence-corrected chi connectivity index (χ1v) is 6.66. The van der Waals surface area contributed by atoms with Crippen LogP contribution in [0.3, 0.4) is 0 Å². The first kappa shape index (κ1) is 16.3. The molecule has 122 valence electrons. The third-order valence-electron chi connectivity index (χ3n) is 3.33. The minimum absolute atomic E-state index is 0.0823. The molecule has 0 saturated heterocycles. The molecule has 2 amide bonds. The van der Waals surface area contributed by atoms with E-state index < -0.39 is 25.0 Å². The van der Waals surface area contributed by atoms with Crippen LogP contribution in [-0.2, 0) is 6.54 Å². The normalized spacial score (nSPS) is 20.6. The third kappa shape index (κ3) is 4.74. The van der Waals surface area contributed by atoms with Crippen molar-refractivity contribution in [2.75, 3.05) is 0 Å². The highest BCUT2D eigenvalue weighted by Gasteiger charge is 2.36. The van der Waals surface area contributed by atoms with Crippen molar-refractivity contribution in [1.29, 1.82) is 0 Å². The average Bonchev–Trinajstić information content (AvgIpc) is 2.39. The number of urea groups is 1. The largest absolute Gasteiger partial charge is 0.417 e. The van der Waals surface area contributed by atoms with Gasteiger partial charge in [0, 0.05) is 30.8 Å².